The van der Waals surface area contributed by atoms with Crippen molar-refractivity contribution in [3.63, 3.8) is 0 Å². The minimum atomic E-state index is -0.933. The van der Waals surface area contributed by atoms with E-state index in [1.807, 2.05) is 18.2 Å². The molecule has 2 rings (SSSR count). The Morgan fingerprint density at radius 1 is 1.39 bits per heavy atom. The summed E-state index contributed by atoms with van der Waals surface area (Å²) in [4.78, 5) is 25.9. The first-order valence-corrected chi connectivity index (χ1v) is 6.14. The number of carboxylic acids is 1. The molecule has 7 heteroatoms. The number of nitrogens with two attached hydrogens (primary N) is 1. The molecule has 1 aromatic carbocycles. The van der Waals surface area contributed by atoms with Crippen molar-refractivity contribution >= 4 is 34.7 Å². The molecule has 0 aliphatic carbocycles. The number of carbonyl (C=O) groups excluding carboxylic acids is 1. The minimum Gasteiger partial charge on any atom is -0.481 e. The zero-order chi connectivity index (χ0) is 13.1. The summed E-state index contributed by atoms with van der Waals surface area (Å²) in [6.07, 6.45) is 0. The van der Waals surface area contributed by atoms with Crippen molar-refractivity contribution in [2.45, 2.75) is 11.7 Å². The number of hydrogen-bond acceptors (Lipinski definition) is 4. The molecule has 0 aliphatic heterocycles. The van der Waals surface area contributed by atoms with Gasteiger partial charge in [0.1, 0.15) is 6.54 Å². The van der Waals surface area contributed by atoms with Gasteiger partial charge in [0.15, 0.2) is 5.16 Å². The van der Waals surface area contributed by atoms with Gasteiger partial charge in [-0.2, -0.15) is 0 Å². The topological polar surface area (TPSA) is 98.2 Å². The number of carbonyl (C=O) groups is 2. The number of nitrogens with zero attached hydrogens (tertiary/aromatic N) is 2. The number of amides is 1. The highest BCUT2D eigenvalue weighted by Crippen LogP contribution is 2.23. The zero-order valence-electron chi connectivity index (χ0n) is 9.37. The lowest BCUT2D eigenvalue weighted by Gasteiger charge is -2.04. The van der Waals surface area contributed by atoms with Gasteiger partial charge < -0.3 is 15.4 Å². The molecule has 1 aromatic heterocycles. The van der Waals surface area contributed by atoms with E-state index in [1.165, 1.54) is 0 Å². The van der Waals surface area contributed by atoms with Gasteiger partial charge in [-0.1, -0.05) is 23.9 Å². The molecular weight excluding hydrogens is 254 g/mol. The van der Waals surface area contributed by atoms with Crippen LogP contribution in [0.3, 0.4) is 0 Å². The molecule has 0 radical (unpaired) electrons. The number of imidazole rings is 1. The average molecular weight is 265 g/mol. The minimum absolute atomic E-state index is 0.0114. The van der Waals surface area contributed by atoms with Gasteiger partial charge in [0.2, 0.25) is 5.91 Å². The SMILES string of the molecule is NC(=O)Cn1c(SCC(=O)O)nc2ccccc21. The molecule has 2 aromatic rings. The van der Waals surface area contributed by atoms with Crippen LogP contribution >= 0.6 is 11.8 Å². The molecule has 0 unspecified atom stereocenters. The summed E-state index contributed by atoms with van der Waals surface area (Å²) in [5.74, 6) is -1.53. The maximum atomic E-state index is 11.0. The summed E-state index contributed by atoms with van der Waals surface area (Å²) < 4.78 is 1.63. The molecule has 1 heterocycles. The summed E-state index contributed by atoms with van der Waals surface area (Å²) in [5.41, 5.74) is 6.67. The largest absolute Gasteiger partial charge is 0.481 e. The molecule has 0 saturated carbocycles. The Kier molecular flexibility index (Phi) is 3.52. The standard InChI is InChI=1S/C11H11N3O3S/c12-9(15)5-14-8-4-2-1-3-7(8)13-11(14)18-6-10(16)17/h1-4H,5-6H2,(H2,12,15)(H,16,17). The highest BCUT2D eigenvalue weighted by atomic mass is 32.2. The number of thioether (sulfide) groups is 1. The van der Waals surface area contributed by atoms with Gasteiger partial charge in [-0.3, -0.25) is 9.59 Å². The van der Waals surface area contributed by atoms with Gasteiger partial charge in [-0.05, 0) is 12.1 Å². The van der Waals surface area contributed by atoms with Crippen LogP contribution in [0.25, 0.3) is 11.0 Å². The maximum Gasteiger partial charge on any atom is 0.313 e. The van der Waals surface area contributed by atoms with Crippen LogP contribution in [-0.4, -0.2) is 32.3 Å². The van der Waals surface area contributed by atoms with Gasteiger partial charge >= 0.3 is 5.97 Å². The molecule has 0 bridgehead atoms. The molecule has 18 heavy (non-hydrogen) atoms. The quantitative estimate of drug-likeness (QED) is 0.775. The van der Waals surface area contributed by atoms with E-state index in [1.54, 1.807) is 10.6 Å². The van der Waals surface area contributed by atoms with Crippen molar-refractivity contribution in [1.82, 2.24) is 9.55 Å². The van der Waals surface area contributed by atoms with Crippen molar-refractivity contribution in [1.29, 1.82) is 0 Å². The zero-order valence-corrected chi connectivity index (χ0v) is 10.2. The van der Waals surface area contributed by atoms with Crippen LogP contribution in [0.15, 0.2) is 29.4 Å². The van der Waals surface area contributed by atoms with Crippen molar-refractivity contribution in [3.05, 3.63) is 24.3 Å². The number of para-hydroxylation sites is 2. The summed E-state index contributed by atoms with van der Waals surface area (Å²) in [6, 6.07) is 7.27. The Bertz CT molecular complexity index is 609. The Morgan fingerprint density at radius 2 is 2.11 bits per heavy atom. The van der Waals surface area contributed by atoms with Gasteiger partial charge in [0, 0.05) is 0 Å². The summed E-state index contributed by atoms with van der Waals surface area (Å²) in [6.45, 7) is -0.0114. The van der Waals surface area contributed by atoms with Crippen LogP contribution in [0, 0.1) is 0 Å². The lowest BCUT2D eigenvalue weighted by atomic mass is 10.3. The van der Waals surface area contributed by atoms with Crippen LogP contribution in [0.4, 0.5) is 0 Å². The van der Waals surface area contributed by atoms with Crippen LogP contribution in [-0.2, 0) is 16.1 Å². The lowest BCUT2D eigenvalue weighted by Crippen LogP contribution is -2.19. The van der Waals surface area contributed by atoms with Crippen molar-refractivity contribution in [3.8, 4) is 0 Å². The van der Waals surface area contributed by atoms with Crippen LogP contribution in [0.2, 0.25) is 0 Å². The molecule has 94 valence electrons. The third kappa shape index (κ3) is 2.62. The Labute approximate surface area is 107 Å². The second-order valence-corrected chi connectivity index (χ2v) is 4.56. The molecule has 0 saturated heterocycles. The first kappa shape index (κ1) is 12.4. The third-order valence-corrected chi connectivity index (χ3v) is 3.22. The van der Waals surface area contributed by atoms with E-state index in [0.717, 1.165) is 17.3 Å². The van der Waals surface area contributed by atoms with Crippen LogP contribution in [0.1, 0.15) is 0 Å². The van der Waals surface area contributed by atoms with E-state index in [0.29, 0.717) is 10.7 Å². The van der Waals surface area contributed by atoms with Gasteiger partial charge in [-0.25, -0.2) is 4.98 Å². The average Bonchev–Trinajstić information content (AvgIpc) is 2.64. The first-order chi connectivity index (χ1) is 8.58. The van der Waals surface area contributed by atoms with E-state index in [-0.39, 0.29) is 12.3 Å². The molecule has 0 fully saturated rings. The van der Waals surface area contributed by atoms with E-state index in [4.69, 9.17) is 10.8 Å². The monoisotopic (exact) mass is 265 g/mol. The molecule has 1 amide bonds. The molecule has 0 spiro atoms. The van der Waals surface area contributed by atoms with Crippen molar-refractivity contribution in [2.24, 2.45) is 5.73 Å². The van der Waals surface area contributed by atoms with E-state index in [9.17, 15) is 9.59 Å². The Morgan fingerprint density at radius 3 is 2.78 bits per heavy atom. The van der Waals surface area contributed by atoms with Gasteiger partial charge in [0.25, 0.3) is 0 Å². The smallest absolute Gasteiger partial charge is 0.313 e. The fourth-order valence-electron chi connectivity index (χ4n) is 1.60. The molecular formula is C11H11N3O3S. The lowest BCUT2D eigenvalue weighted by molar-refractivity contribution is -0.133. The highest BCUT2D eigenvalue weighted by Gasteiger charge is 2.13. The number of hydrogen-bond donors (Lipinski definition) is 2. The predicted octanol–water partition coefficient (Wildman–Crippen LogP) is 0.698. The van der Waals surface area contributed by atoms with Gasteiger partial charge in [0.05, 0.1) is 16.8 Å². The fourth-order valence-corrected chi connectivity index (χ4v) is 2.33. The first-order valence-electron chi connectivity index (χ1n) is 5.16. The maximum absolute atomic E-state index is 11.0. The molecule has 0 aliphatic rings. The number of primary amides is 1. The number of benzene rings is 1. The second-order valence-electron chi connectivity index (χ2n) is 3.62. The summed E-state index contributed by atoms with van der Waals surface area (Å²) in [5, 5.41) is 9.16. The molecule has 6 nitrogen and oxygen atoms in total. The van der Waals surface area contributed by atoms with E-state index >= 15 is 0 Å². The summed E-state index contributed by atoms with van der Waals surface area (Å²) >= 11 is 1.07. The van der Waals surface area contributed by atoms with Crippen molar-refractivity contribution in [2.75, 3.05) is 5.75 Å². The number of aromatic nitrogens is 2. The highest BCUT2D eigenvalue weighted by molar-refractivity contribution is 7.99. The second kappa shape index (κ2) is 5.09. The fraction of sp³-hybridized carbons (Fsp3) is 0.182. The number of carboxylic acid groups (broad SMARTS) is 1. The predicted molar refractivity (Wildman–Crippen MR) is 67.3 cm³/mol. The van der Waals surface area contributed by atoms with Crippen molar-refractivity contribution < 1.29 is 14.7 Å². The third-order valence-electron chi connectivity index (χ3n) is 2.26. The van der Waals surface area contributed by atoms with Gasteiger partial charge in [-0.15, -0.1) is 0 Å². The normalized spacial score (nSPS) is 10.7. The molecule has 3 N–H and O–H groups in total. The number of fused-ring (bicyclic) bond motifs is 1. The number of aliphatic carboxylic acids is 1. The van der Waals surface area contributed by atoms with E-state index in [2.05, 4.69) is 4.98 Å². The summed E-state index contributed by atoms with van der Waals surface area (Å²) in [7, 11) is 0. The Balaban J connectivity index is 2.42. The number of rotatable bonds is 5. The molecule has 0 atom stereocenters. The van der Waals surface area contributed by atoms with Crippen LogP contribution < -0.4 is 5.73 Å². The van der Waals surface area contributed by atoms with Crippen LogP contribution in [0.5, 0.6) is 0 Å². The van der Waals surface area contributed by atoms with E-state index < -0.39 is 11.9 Å². The Hall–Kier alpha value is -2.02.